The predicted octanol–water partition coefficient (Wildman–Crippen LogP) is 4.48. The zero-order valence-corrected chi connectivity index (χ0v) is 14.0. The predicted molar refractivity (Wildman–Crippen MR) is 88.0 cm³/mol. The normalized spacial score (nSPS) is 12.3. The molecule has 0 saturated heterocycles. The number of rotatable bonds is 5. The van der Waals surface area contributed by atoms with Gasteiger partial charge in [-0.2, -0.15) is 0 Å². The molecule has 0 aliphatic heterocycles. The first-order valence-corrected chi connectivity index (χ1v) is 7.63. The Balaban J connectivity index is 2.42. The van der Waals surface area contributed by atoms with Crippen LogP contribution in [0.4, 0.5) is 0 Å². The Bertz CT molecular complexity index is 605. The Kier molecular flexibility index (Phi) is 4.62. The van der Waals surface area contributed by atoms with Gasteiger partial charge in [0.15, 0.2) is 0 Å². The summed E-state index contributed by atoms with van der Waals surface area (Å²) in [7, 11) is 1.68. The highest BCUT2D eigenvalue weighted by Crippen LogP contribution is 2.37. The van der Waals surface area contributed by atoms with Crippen molar-refractivity contribution >= 4 is 11.0 Å². The quantitative estimate of drug-likeness (QED) is 0.881. The van der Waals surface area contributed by atoms with E-state index in [0.29, 0.717) is 5.92 Å². The topological polar surface area (TPSA) is 34.4 Å². The van der Waals surface area contributed by atoms with Gasteiger partial charge in [-0.3, -0.25) is 0 Å². The van der Waals surface area contributed by atoms with Gasteiger partial charge in [0.25, 0.3) is 0 Å². The third-order valence-corrected chi connectivity index (χ3v) is 3.56. The Morgan fingerprint density at radius 2 is 1.95 bits per heavy atom. The van der Waals surface area contributed by atoms with Crippen LogP contribution in [0.15, 0.2) is 22.6 Å². The molecule has 0 aliphatic rings. The number of ether oxygens (including phenoxy) is 1. The van der Waals surface area contributed by atoms with E-state index in [2.05, 4.69) is 46.0 Å². The molecule has 0 saturated carbocycles. The number of methoxy groups -OCH3 is 1. The summed E-state index contributed by atoms with van der Waals surface area (Å²) in [4.78, 5) is 0. The van der Waals surface area contributed by atoms with Crippen LogP contribution in [0.3, 0.4) is 0 Å². The molecule has 0 amide bonds. The van der Waals surface area contributed by atoms with Gasteiger partial charge in [0, 0.05) is 17.0 Å². The fraction of sp³-hybridized carbons (Fsp3) is 0.556. The van der Waals surface area contributed by atoms with Crippen LogP contribution in [0.1, 0.15) is 45.9 Å². The van der Waals surface area contributed by atoms with Crippen molar-refractivity contribution in [3.8, 4) is 5.75 Å². The molecule has 1 N–H and O–H groups in total. The standard InChI is InChI=1S/C18H27NO2/c1-12(2)10-19-11-16-17(18(3,4)5)14-8-7-13(20-6)9-15(14)21-16/h7-9,12,19H,10-11H2,1-6H3. The molecule has 0 unspecified atom stereocenters. The number of hydrogen-bond acceptors (Lipinski definition) is 3. The summed E-state index contributed by atoms with van der Waals surface area (Å²) < 4.78 is 11.4. The van der Waals surface area contributed by atoms with E-state index in [1.807, 2.05) is 12.1 Å². The van der Waals surface area contributed by atoms with Crippen LogP contribution in [-0.2, 0) is 12.0 Å². The van der Waals surface area contributed by atoms with Crippen molar-refractivity contribution in [1.29, 1.82) is 0 Å². The van der Waals surface area contributed by atoms with Crippen LogP contribution in [0.25, 0.3) is 11.0 Å². The van der Waals surface area contributed by atoms with Crippen molar-refractivity contribution in [2.75, 3.05) is 13.7 Å². The Morgan fingerprint density at radius 3 is 2.52 bits per heavy atom. The van der Waals surface area contributed by atoms with E-state index in [4.69, 9.17) is 9.15 Å². The molecule has 1 heterocycles. The fourth-order valence-corrected chi connectivity index (χ4v) is 2.68. The summed E-state index contributed by atoms with van der Waals surface area (Å²) in [5.41, 5.74) is 2.24. The molecule has 1 aromatic heterocycles. The minimum atomic E-state index is 0.0503. The zero-order valence-electron chi connectivity index (χ0n) is 14.0. The summed E-state index contributed by atoms with van der Waals surface area (Å²) in [6.07, 6.45) is 0. The number of nitrogens with one attached hydrogen (secondary N) is 1. The van der Waals surface area contributed by atoms with Crippen molar-refractivity contribution < 1.29 is 9.15 Å². The third kappa shape index (κ3) is 3.59. The van der Waals surface area contributed by atoms with E-state index in [1.165, 1.54) is 10.9 Å². The van der Waals surface area contributed by atoms with E-state index in [-0.39, 0.29) is 5.41 Å². The van der Waals surface area contributed by atoms with Crippen molar-refractivity contribution in [1.82, 2.24) is 5.32 Å². The van der Waals surface area contributed by atoms with E-state index >= 15 is 0 Å². The first-order valence-electron chi connectivity index (χ1n) is 7.63. The van der Waals surface area contributed by atoms with Crippen LogP contribution >= 0.6 is 0 Å². The van der Waals surface area contributed by atoms with Crippen LogP contribution in [-0.4, -0.2) is 13.7 Å². The van der Waals surface area contributed by atoms with Crippen molar-refractivity contribution in [3.05, 3.63) is 29.5 Å². The second-order valence-corrected chi connectivity index (χ2v) is 7.04. The van der Waals surface area contributed by atoms with Gasteiger partial charge in [-0.1, -0.05) is 34.6 Å². The first kappa shape index (κ1) is 15.9. The lowest BCUT2D eigenvalue weighted by molar-refractivity contribution is 0.414. The van der Waals surface area contributed by atoms with Crippen molar-refractivity contribution in [2.45, 2.75) is 46.6 Å². The lowest BCUT2D eigenvalue weighted by Gasteiger charge is -2.19. The minimum absolute atomic E-state index is 0.0503. The smallest absolute Gasteiger partial charge is 0.138 e. The molecule has 2 rings (SSSR count). The summed E-state index contributed by atoms with van der Waals surface area (Å²) in [6.45, 7) is 12.9. The second kappa shape index (κ2) is 6.10. The van der Waals surface area contributed by atoms with Gasteiger partial charge in [0.2, 0.25) is 0 Å². The first-order chi connectivity index (χ1) is 9.82. The second-order valence-electron chi connectivity index (χ2n) is 7.04. The van der Waals surface area contributed by atoms with Crippen LogP contribution < -0.4 is 10.1 Å². The number of fused-ring (bicyclic) bond motifs is 1. The number of benzene rings is 1. The molecule has 3 nitrogen and oxygen atoms in total. The highest BCUT2D eigenvalue weighted by atomic mass is 16.5. The van der Waals surface area contributed by atoms with Crippen LogP contribution in [0.5, 0.6) is 5.75 Å². The average molecular weight is 289 g/mol. The van der Waals surface area contributed by atoms with E-state index in [0.717, 1.165) is 30.2 Å². The molecule has 21 heavy (non-hydrogen) atoms. The van der Waals surface area contributed by atoms with E-state index in [9.17, 15) is 0 Å². The highest BCUT2D eigenvalue weighted by molar-refractivity contribution is 5.84. The molecule has 3 heteroatoms. The minimum Gasteiger partial charge on any atom is -0.497 e. The van der Waals surface area contributed by atoms with Gasteiger partial charge in [0.1, 0.15) is 17.1 Å². The van der Waals surface area contributed by atoms with Gasteiger partial charge in [-0.05, 0) is 30.0 Å². The summed E-state index contributed by atoms with van der Waals surface area (Å²) in [5, 5.41) is 4.66. The molecular weight excluding hydrogens is 262 g/mol. The van der Waals surface area contributed by atoms with Gasteiger partial charge in [-0.15, -0.1) is 0 Å². The third-order valence-electron chi connectivity index (χ3n) is 3.56. The van der Waals surface area contributed by atoms with Gasteiger partial charge < -0.3 is 14.5 Å². The molecule has 0 radical (unpaired) electrons. The maximum Gasteiger partial charge on any atom is 0.138 e. The molecule has 0 atom stereocenters. The van der Waals surface area contributed by atoms with Crippen molar-refractivity contribution in [3.63, 3.8) is 0 Å². The SMILES string of the molecule is COc1ccc2c(C(C)(C)C)c(CNCC(C)C)oc2c1. The zero-order chi connectivity index (χ0) is 15.6. The Labute approximate surface area is 127 Å². The van der Waals surface area contributed by atoms with Gasteiger partial charge in [-0.25, -0.2) is 0 Å². The van der Waals surface area contributed by atoms with Gasteiger partial charge in [0.05, 0.1) is 13.7 Å². The largest absolute Gasteiger partial charge is 0.497 e. The lowest BCUT2D eigenvalue weighted by atomic mass is 9.84. The molecule has 0 spiro atoms. The van der Waals surface area contributed by atoms with Gasteiger partial charge >= 0.3 is 0 Å². The highest BCUT2D eigenvalue weighted by Gasteiger charge is 2.25. The molecule has 0 bridgehead atoms. The number of hydrogen-bond donors (Lipinski definition) is 1. The van der Waals surface area contributed by atoms with Crippen molar-refractivity contribution in [2.24, 2.45) is 5.92 Å². The lowest BCUT2D eigenvalue weighted by Crippen LogP contribution is -2.21. The molecule has 0 aliphatic carbocycles. The molecule has 116 valence electrons. The van der Waals surface area contributed by atoms with E-state index in [1.54, 1.807) is 7.11 Å². The summed E-state index contributed by atoms with van der Waals surface area (Å²) in [6, 6.07) is 6.07. The maximum absolute atomic E-state index is 6.11. The average Bonchev–Trinajstić information content (AvgIpc) is 2.74. The molecular formula is C18H27NO2. The number of furan rings is 1. The Morgan fingerprint density at radius 1 is 1.24 bits per heavy atom. The maximum atomic E-state index is 6.11. The fourth-order valence-electron chi connectivity index (χ4n) is 2.68. The molecule has 0 fully saturated rings. The molecule has 1 aromatic carbocycles. The van der Waals surface area contributed by atoms with E-state index < -0.39 is 0 Å². The molecule has 2 aromatic rings. The summed E-state index contributed by atoms with van der Waals surface area (Å²) >= 11 is 0. The Hall–Kier alpha value is -1.48. The van der Waals surface area contributed by atoms with Crippen LogP contribution in [0.2, 0.25) is 0 Å². The van der Waals surface area contributed by atoms with Crippen LogP contribution in [0, 0.1) is 5.92 Å². The summed E-state index contributed by atoms with van der Waals surface area (Å²) in [5.74, 6) is 2.50. The monoisotopic (exact) mass is 289 g/mol.